The van der Waals surface area contributed by atoms with Crippen LogP contribution in [0.3, 0.4) is 0 Å². The van der Waals surface area contributed by atoms with Gasteiger partial charge in [0.15, 0.2) is 6.20 Å². The normalized spacial score (nSPS) is 13.2. The van der Waals surface area contributed by atoms with E-state index in [0.717, 1.165) is 0 Å². The minimum absolute atomic E-state index is 0.0226. The molecule has 5 nitrogen and oxygen atoms in total. The van der Waals surface area contributed by atoms with Crippen molar-refractivity contribution in [3.8, 4) is 0 Å². The van der Waals surface area contributed by atoms with Crippen LogP contribution < -0.4 is 26.4 Å². The van der Waals surface area contributed by atoms with E-state index in [1.165, 1.54) is 23.2 Å². The van der Waals surface area contributed by atoms with E-state index in [-0.39, 0.29) is 18.0 Å². The average molecular weight is 1140 g/mol. The largest absolute Gasteiger partial charge is 0.426 e. The highest BCUT2D eigenvalue weighted by Gasteiger charge is 2.47. The average Bonchev–Trinajstić information content (AvgIpc) is 3.30. The van der Waals surface area contributed by atoms with Crippen molar-refractivity contribution in [1.29, 1.82) is 0 Å². The van der Waals surface area contributed by atoms with Crippen molar-refractivity contribution in [2.24, 2.45) is 0 Å². The Morgan fingerprint density at radius 1 is 0.429 bits per heavy atom. The Bertz CT molecular complexity index is 2680. The number of ether oxygens (including phenoxy) is 1. The van der Waals surface area contributed by atoms with Crippen molar-refractivity contribution < 1.29 is 129 Å². The van der Waals surface area contributed by atoms with Gasteiger partial charge in [0.2, 0.25) is 19.2 Å². The molecule has 0 atom stereocenters. The number of ketones is 1. The summed E-state index contributed by atoms with van der Waals surface area (Å²) in [6, 6.07) is -0.131. The molecule has 1 aromatic heterocycles. The summed E-state index contributed by atoms with van der Waals surface area (Å²) in [4.78, 5) is 27.4. The van der Waals surface area contributed by atoms with Gasteiger partial charge in [-0.15, -0.1) is 0 Å². The van der Waals surface area contributed by atoms with Crippen LogP contribution >= 0.6 is 0 Å². The Labute approximate surface area is 413 Å². The van der Waals surface area contributed by atoms with Crippen molar-refractivity contribution in [3.05, 3.63) is 177 Å². The molecule has 0 radical (unpaired) electrons. The van der Waals surface area contributed by atoms with Crippen molar-refractivity contribution in [3.63, 3.8) is 0 Å². The summed E-state index contributed by atoms with van der Waals surface area (Å²) in [6.45, 7) is -1.27. The van der Waals surface area contributed by atoms with Gasteiger partial charge in [-0.3, -0.25) is 9.78 Å². The first-order valence-electron chi connectivity index (χ1n) is 20.5. The molecule has 0 aliphatic rings. The molecule has 0 unspecified atom stereocenters. The van der Waals surface area contributed by atoms with Gasteiger partial charge in [-0.05, 0) is 24.3 Å². The molecule has 0 saturated heterocycles. The van der Waals surface area contributed by atoms with Gasteiger partial charge in [0.1, 0.15) is 12.3 Å². The molecule has 0 bridgehead atoms. The first-order chi connectivity index (χ1) is 35.0. The van der Waals surface area contributed by atoms with Gasteiger partial charge in [-0.2, -0.15) is 132 Å². The maximum absolute atomic E-state index is 14.2. The van der Waals surface area contributed by atoms with Gasteiger partial charge in [0.25, 0.3) is 0 Å². The number of Topliss-reactive ketones (excluding diaryl/α,β-unsaturated/α-hetero) is 1. The van der Waals surface area contributed by atoms with Crippen molar-refractivity contribution in [1.82, 2.24) is 4.98 Å². The lowest BCUT2D eigenvalue weighted by molar-refractivity contribution is -0.686. The van der Waals surface area contributed by atoms with Crippen LogP contribution in [-0.4, -0.2) is 29.7 Å². The maximum atomic E-state index is 14.2. The lowest BCUT2D eigenvalue weighted by Crippen LogP contribution is -2.75. The summed E-state index contributed by atoms with van der Waals surface area (Å²) in [5.74, 6) is -1.03. The van der Waals surface area contributed by atoms with E-state index < -0.39 is 208 Å². The molecular weight excluding hydrogens is 1110 g/mol. The number of nitrogens with zero attached hydrogens (tertiary/aromatic N) is 2. The number of benzene rings is 5. The summed E-state index contributed by atoms with van der Waals surface area (Å²) >= 11 is 0. The van der Waals surface area contributed by atoms with E-state index in [9.17, 15) is 119 Å². The molecule has 0 fully saturated rings. The molecule has 414 valence electrons. The molecule has 6 aromatic rings. The summed E-state index contributed by atoms with van der Waals surface area (Å²) < 4.78 is 359. The van der Waals surface area contributed by atoms with Gasteiger partial charge >= 0.3 is 61.1 Å². The Morgan fingerprint density at radius 3 is 0.948 bits per heavy atom. The van der Waals surface area contributed by atoms with Crippen molar-refractivity contribution in [2.45, 2.75) is 56.0 Å². The molecule has 0 aliphatic carbocycles. The predicted molar refractivity (Wildman–Crippen MR) is 217 cm³/mol. The van der Waals surface area contributed by atoms with E-state index in [2.05, 4.69) is 9.72 Å². The zero-order valence-electron chi connectivity index (χ0n) is 37.1. The fraction of sp³-hybridized carbons (Fsp3) is 0.217. The number of hydrogen-bond donors (Lipinski definition) is 0. The monoisotopic (exact) mass is 1140 g/mol. The number of carbonyl (C=O) groups is 2. The first kappa shape index (κ1) is 60.5. The highest BCUT2D eigenvalue weighted by Crippen LogP contribution is 2.41. The number of carbonyl (C=O) groups excluding carboxylic acids is 2. The number of hydrogen-bond acceptors (Lipinski definition) is 4. The number of esters is 1. The molecule has 0 aliphatic heterocycles. The molecule has 0 spiro atoms. The summed E-state index contributed by atoms with van der Waals surface area (Å²) in [5.41, 5.74) is -29.7. The Hall–Kier alpha value is -7.37. The molecule has 0 amide bonds. The molecule has 31 heteroatoms. The van der Waals surface area contributed by atoms with Crippen LogP contribution in [0.25, 0.3) is 0 Å². The van der Waals surface area contributed by atoms with Crippen molar-refractivity contribution >= 4 is 39.7 Å². The zero-order chi connectivity index (χ0) is 58.3. The zero-order valence-corrected chi connectivity index (χ0v) is 37.1. The summed E-state index contributed by atoms with van der Waals surface area (Å²) in [7, 11) is 0. The van der Waals surface area contributed by atoms with E-state index in [4.69, 9.17) is 0 Å². The number of aromatic nitrogens is 2. The smallest absolute Gasteiger partial charge is 0.416 e. The Kier molecular flexibility index (Phi) is 16.7. The van der Waals surface area contributed by atoms with E-state index in [1.54, 1.807) is 30.3 Å². The number of halogens is 25. The third-order valence-corrected chi connectivity index (χ3v) is 11.1. The summed E-state index contributed by atoms with van der Waals surface area (Å²) in [5, 5.41) is 0. The predicted octanol–water partition coefficient (Wildman–Crippen LogP) is 12.6. The van der Waals surface area contributed by atoms with Crippen LogP contribution in [0.5, 0.6) is 0 Å². The van der Waals surface area contributed by atoms with Gasteiger partial charge < -0.3 is 4.74 Å². The van der Waals surface area contributed by atoms with Crippen LogP contribution in [0.15, 0.2) is 122 Å². The maximum Gasteiger partial charge on any atom is 0.416 e. The molecule has 77 heavy (non-hydrogen) atoms. The van der Waals surface area contributed by atoms with Crippen LogP contribution in [0.1, 0.15) is 65.4 Å². The minimum atomic E-state index is -6.13. The van der Waals surface area contributed by atoms with Crippen LogP contribution in [0.2, 0.25) is 0 Å². The van der Waals surface area contributed by atoms with E-state index in [1.807, 2.05) is 0 Å². The standard InChI is InChI=1S/C32H12BF24.C14H12FN2O3/c34-25(35,36)13-1-14(26(37,38)39)6-21(5-13)33(22-7-15(27(40,41)42)2-16(8-22)28(43,44)45,23-9-17(29(46,47)48)3-18(10-23)30(49,50)51)24-11-19(31(52,53)54)4-20(12-24)32(55,56)57;15-10-20-14(19)12-8-16-6-7-17(12)9-13(18)11-4-2-1-3-5-11/h1-12H;1-8H,9-10H2/q-1;+1. The fourth-order valence-corrected chi connectivity index (χ4v) is 7.76. The minimum Gasteiger partial charge on any atom is -0.426 e. The molecule has 1 heterocycles. The third-order valence-electron chi connectivity index (χ3n) is 11.1. The molecule has 0 N–H and O–H groups in total. The second kappa shape index (κ2) is 21.2. The van der Waals surface area contributed by atoms with E-state index in [0.29, 0.717) is 5.56 Å². The molecule has 0 saturated carbocycles. The second-order valence-corrected chi connectivity index (χ2v) is 16.1. The Morgan fingerprint density at radius 2 is 0.701 bits per heavy atom. The van der Waals surface area contributed by atoms with E-state index >= 15 is 0 Å². The lowest BCUT2D eigenvalue weighted by atomic mass is 9.12. The highest BCUT2D eigenvalue weighted by atomic mass is 19.4. The fourth-order valence-electron chi connectivity index (χ4n) is 7.76. The molecule has 6 rings (SSSR count). The number of rotatable bonds is 9. The first-order valence-corrected chi connectivity index (χ1v) is 20.5. The van der Waals surface area contributed by atoms with Gasteiger partial charge in [0.05, 0.1) is 50.7 Å². The van der Waals surface area contributed by atoms with Crippen LogP contribution in [0.4, 0.5) is 110 Å². The van der Waals surface area contributed by atoms with Crippen LogP contribution in [-0.2, 0) is 60.7 Å². The SMILES string of the molecule is FC(F)(F)c1cc([B-](c2cc(C(F)(F)F)cc(C(F)(F)F)c2)(c2cc(C(F)(F)F)cc(C(F)(F)F)c2)c2cc(C(F)(F)F)cc(C(F)(F)F)c2)cc(C(F)(F)F)c1.O=C(C[n+]1ccncc1C(=O)OCF)c1ccccc1. The van der Waals surface area contributed by atoms with Gasteiger partial charge in [-0.1, -0.05) is 78.9 Å². The Balaban J connectivity index is 0.000000455. The molecular formula is C46H24BF25N2O3. The topological polar surface area (TPSA) is 60.1 Å². The van der Waals surface area contributed by atoms with Gasteiger partial charge in [0, 0.05) is 5.56 Å². The van der Waals surface area contributed by atoms with Crippen molar-refractivity contribution in [2.75, 3.05) is 6.86 Å². The second-order valence-electron chi connectivity index (χ2n) is 16.1. The molecule has 5 aromatic carbocycles. The highest BCUT2D eigenvalue weighted by molar-refractivity contribution is 7.20. The third kappa shape index (κ3) is 14.2. The van der Waals surface area contributed by atoms with Crippen LogP contribution in [0, 0.1) is 0 Å². The quantitative estimate of drug-likeness (QED) is 0.0476. The number of alkyl halides is 25. The lowest BCUT2D eigenvalue weighted by Gasteiger charge is -2.46. The summed E-state index contributed by atoms with van der Waals surface area (Å²) in [6.07, 6.45) is -50.7. The van der Waals surface area contributed by atoms with Gasteiger partial charge in [-0.25, -0.2) is 9.18 Å².